The van der Waals surface area contributed by atoms with Crippen LogP contribution >= 0.6 is 11.6 Å². The fourth-order valence-electron chi connectivity index (χ4n) is 2.56. The second-order valence-electron chi connectivity index (χ2n) is 5.63. The van der Waals surface area contributed by atoms with E-state index >= 15 is 0 Å². The number of para-hydroxylation sites is 2. The highest BCUT2D eigenvalue weighted by molar-refractivity contribution is 6.18. The van der Waals surface area contributed by atoms with Gasteiger partial charge < -0.3 is 20.1 Å². The molecule has 0 bridgehead atoms. The van der Waals surface area contributed by atoms with E-state index in [1.165, 1.54) is 19.3 Å². The maximum absolute atomic E-state index is 9.54. The molecule has 4 nitrogen and oxygen atoms in total. The molecule has 1 saturated heterocycles. The van der Waals surface area contributed by atoms with Crippen LogP contribution in [-0.2, 0) is 0 Å². The van der Waals surface area contributed by atoms with Gasteiger partial charge in [0.1, 0.15) is 12.4 Å². The van der Waals surface area contributed by atoms with Gasteiger partial charge in [0, 0.05) is 12.6 Å². The summed E-state index contributed by atoms with van der Waals surface area (Å²) in [4.78, 5) is 2.37. The zero-order chi connectivity index (χ0) is 15.1. The molecule has 21 heavy (non-hydrogen) atoms. The Morgan fingerprint density at radius 3 is 3.00 bits per heavy atom. The average molecular weight is 313 g/mol. The van der Waals surface area contributed by atoms with Crippen molar-refractivity contribution in [3.05, 3.63) is 24.3 Å². The Morgan fingerprint density at radius 2 is 2.24 bits per heavy atom. The summed E-state index contributed by atoms with van der Waals surface area (Å²) in [6.07, 6.45) is 3.20. The van der Waals surface area contributed by atoms with E-state index in [-0.39, 0.29) is 5.88 Å². The summed E-state index contributed by atoms with van der Waals surface area (Å²) in [5.41, 5.74) is 0.903. The molecule has 2 N–H and O–H groups in total. The summed E-state index contributed by atoms with van der Waals surface area (Å²) in [6, 6.07) is 8.32. The fourth-order valence-corrected chi connectivity index (χ4v) is 2.67. The summed E-state index contributed by atoms with van der Waals surface area (Å²) in [5.74, 6) is 1.06. The summed E-state index contributed by atoms with van der Waals surface area (Å²) < 4.78 is 5.99. The number of likely N-dealkylation sites (N-methyl/N-ethyl adjacent to an activating group) is 1. The number of benzene rings is 1. The molecule has 0 spiro atoms. The number of halogens is 1. The van der Waals surface area contributed by atoms with Gasteiger partial charge in [0.15, 0.2) is 0 Å². The van der Waals surface area contributed by atoms with E-state index in [1.54, 1.807) is 0 Å². The van der Waals surface area contributed by atoms with Crippen molar-refractivity contribution in [1.82, 2.24) is 4.90 Å². The van der Waals surface area contributed by atoms with Crippen molar-refractivity contribution in [2.45, 2.75) is 31.4 Å². The predicted molar refractivity (Wildman–Crippen MR) is 87.4 cm³/mol. The van der Waals surface area contributed by atoms with Gasteiger partial charge in [-0.05, 0) is 38.6 Å². The molecule has 2 unspecified atom stereocenters. The Kier molecular flexibility index (Phi) is 6.61. The normalized spacial score (nSPS) is 21.0. The number of hydrogen-bond donors (Lipinski definition) is 2. The van der Waals surface area contributed by atoms with E-state index in [1.807, 2.05) is 24.3 Å². The SMILES string of the molecule is CN1CCCCC1COc1ccccc1NCC(O)CCl. The predicted octanol–water partition coefficient (Wildman–Crippen LogP) is 2.56. The molecule has 2 rings (SSSR count). The number of alkyl halides is 1. The molecule has 1 fully saturated rings. The standard InChI is InChI=1S/C16H25ClN2O2/c1-19-9-5-4-6-13(19)12-21-16-8-3-2-7-15(16)18-11-14(20)10-17/h2-3,7-8,13-14,18,20H,4-6,9-12H2,1H3. The highest BCUT2D eigenvalue weighted by Crippen LogP contribution is 2.25. The van der Waals surface area contributed by atoms with Gasteiger partial charge in [-0.3, -0.25) is 0 Å². The van der Waals surface area contributed by atoms with Crippen LogP contribution in [0.15, 0.2) is 24.3 Å². The first-order chi connectivity index (χ1) is 10.2. The monoisotopic (exact) mass is 312 g/mol. The molecule has 0 aromatic heterocycles. The summed E-state index contributed by atoms with van der Waals surface area (Å²) in [5, 5.41) is 12.7. The van der Waals surface area contributed by atoms with E-state index in [4.69, 9.17) is 16.3 Å². The first-order valence-corrected chi connectivity index (χ1v) is 8.14. The molecule has 1 aliphatic rings. The first-order valence-electron chi connectivity index (χ1n) is 7.60. The zero-order valence-corrected chi connectivity index (χ0v) is 13.4. The molecule has 0 amide bonds. The third-order valence-corrected chi connectivity index (χ3v) is 4.30. The minimum absolute atomic E-state index is 0.225. The van der Waals surface area contributed by atoms with Crippen LogP contribution in [0.3, 0.4) is 0 Å². The van der Waals surface area contributed by atoms with Crippen molar-refractivity contribution in [3.8, 4) is 5.75 Å². The van der Waals surface area contributed by atoms with E-state index in [0.717, 1.165) is 18.0 Å². The number of ether oxygens (including phenoxy) is 1. The van der Waals surface area contributed by atoms with Gasteiger partial charge in [-0.2, -0.15) is 0 Å². The number of piperidine rings is 1. The highest BCUT2D eigenvalue weighted by atomic mass is 35.5. The second kappa shape index (κ2) is 8.47. The van der Waals surface area contributed by atoms with Crippen LogP contribution in [0.25, 0.3) is 0 Å². The Hall–Kier alpha value is -0.970. The Balaban J connectivity index is 1.90. The molecule has 118 valence electrons. The van der Waals surface area contributed by atoms with E-state index in [2.05, 4.69) is 17.3 Å². The minimum Gasteiger partial charge on any atom is -0.490 e. The third kappa shape index (κ3) is 5.06. The van der Waals surface area contributed by atoms with Crippen molar-refractivity contribution in [1.29, 1.82) is 0 Å². The number of hydrogen-bond acceptors (Lipinski definition) is 4. The van der Waals surface area contributed by atoms with Crippen LogP contribution in [0.1, 0.15) is 19.3 Å². The quantitative estimate of drug-likeness (QED) is 0.760. The summed E-state index contributed by atoms with van der Waals surface area (Å²) in [6.45, 7) is 2.27. The molecule has 2 atom stereocenters. The number of nitrogens with one attached hydrogen (secondary N) is 1. The molecular weight excluding hydrogens is 288 g/mol. The van der Waals surface area contributed by atoms with Gasteiger partial charge in [0.2, 0.25) is 0 Å². The number of aliphatic hydroxyl groups is 1. The molecule has 0 radical (unpaired) electrons. The van der Waals surface area contributed by atoms with Crippen LogP contribution in [0.5, 0.6) is 5.75 Å². The van der Waals surface area contributed by atoms with Crippen LogP contribution in [0, 0.1) is 0 Å². The minimum atomic E-state index is -0.552. The number of rotatable bonds is 7. The lowest BCUT2D eigenvalue weighted by Gasteiger charge is -2.32. The van der Waals surface area contributed by atoms with Crippen LogP contribution in [-0.4, -0.2) is 54.8 Å². The Bertz CT molecular complexity index is 430. The summed E-state index contributed by atoms with van der Waals surface area (Å²) >= 11 is 5.61. The lowest BCUT2D eigenvalue weighted by Crippen LogP contribution is -2.40. The van der Waals surface area contributed by atoms with Crippen LogP contribution < -0.4 is 10.1 Å². The van der Waals surface area contributed by atoms with E-state index < -0.39 is 6.10 Å². The van der Waals surface area contributed by atoms with Crippen molar-refractivity contribution < 1.29 is 9.84 Å². The van der Waals surface area contributed by atoms with Gasteiger partial charge in [-0.25, -0.2) is 0 Å². The Morgan fingerprint density at radius 1 is 1.43 bits per heavy atom. The largest absolute Gasteiger partial charge is 0.490 e. The van der Waals surface area contributed by atoms with Crippen molar-refractivity contribution in [3.63, 3.8) is 0 Å². The van der Waals surface area contributed by atoms with E-state index in [0.29, 0.717) is 19.2 Å². The smallest absolute Gasteiger partial charge is 0.142 e. The number of anilines is 1. The van der Waals surface area contributed by atoms with Crippen LogP contribution in [0.4, 0.5) is 5.69 Å². The van der Waals surface area contributed by atoms with Gasteiger partial charge in [-0.1, -0.05) is 18.6 Å². The Labute approximate surface area is 132 Å². The molecule has 1 aromatic rings. The van der Waals surface area contributed by atoms with Gasteiger partial charge in [0.25, 0.3) is 0 Å². The second-order valence-corrected chi connectivity index (χ2v) is 5.94. The maximum atomic E-state index is 9.54. The number of nitrogens with zero attached hydrogens (tertiary/aromatic N) is 1. The number of likely N-dealkylation sites (tertiary alicyclic amines) is 1. The van der Waals surface area contributed by atoms with Gasteiger partial charge in [0.05, 0.1) is 17.7 Å². The molecule has 1 aliphatic heterocycles. The summed E-state index contributed by atoms with van der Waals surface area (Å²) in [7, 11) is 2.16. The van der Waals surface area contributed by atoms with Crippen molar-refractivity contribution in [2.24, 2.45) is 0 Å². The maximum Gasteiger partial charge on any atom is 0.142 e. The van der Waals surface area contributed by atoms with Crippen LogP contribution in [0.2, 0.25) is 0 Å². The highest BCUT2D eigenvalue weighted by Gasteiger charge is 2.19. The molecule has 5 heteroatoms. The lowest BCUT2D eigenvalue weighted by atomic mass is 10.0. The third-order valence-electron chi connectivity index (χ3n) is 3.95. The molecule has 1 heterocycles. The average Bonchev–Trinajstić information content (AvgIpc) is 2.52. The first kappa shape index (κ1) is 16.4. The molecule has 1 aromatic carbocycles. The van der Waals surface area contributed by atoms with Gasteiger partial charge >= 0.3 is 0 Å². The fraction of sp³-hybridized carbons (Fsp3) is 0.625. The molecule has 0 aliphatic carbocycles. The van der Waals surface area contributed by atoms with E-state index in [9.17, 15) is 5.11 Å². The topological polar surface area (TPSA) is 44.7 Å². The zero-order valence-electron chi connectivity index (χ0n) is 12.6. The number of aliphatic hydroxyl groups excluding tert-OH is 1. The molecule has 0 saturated carbocycles. The van der Waals surface area contributed by atoms with Gasteiger partial charge in [-0.15, -0.1) is 11.6 Å². The van der Waals surface area contributed by atoms with Crippen molar-refractivity contribution >= 4 is 17.3 Å². The van der Waals surface area contributed by atoms with Crippen molar-refractivity contribution in [2.75, 3.05) is 37.9 Å². The lowest BCUT2D eigenvalue weighted by molar-refractivity contribution is 0.125. The molecular formula is C16H25ClN2O2.